The zero-order chi connectivity index (χ0) is 25.5. The standard InChI is InChI=1S/2C11H17NO5/c1-16-11(15)9(8-10(13)14)2-3-12-4-6-17-7-5-12;1-8(10(13)14)9(11(15)16)2-3-12-4-6-17-7-5-12/h8H,2-7H2,1H3,(H,13,14);2-7H2,1H3,(H,13,14)(H,15,16)/b2*9-8+. The average molecular weight is 487 g/mol. The molecule has 2 fully saturated rings. The third-order valence-electron chi connectivity index (χ3n) is 5.36. The van der Waals surface area contributed by atoms with Gasteiger partial charge in [-0.3, -0.25) is 9.80 Å². The van der Waals surface area contributed by atoms with Crippen LogP contribution < -0.4 is 0 Å². The molecular formula is C22H34N2O10. The number of nitrogens with zero attached hydrogens (tertiary/aromatic N) is 2. The summed E-state index contributed by atoms with van der Waals surface area (Å²) in [6.07, 6.45) is 1.53. The van der Waals surface area contributed by atoms with Crippen LogP contribution in [0.15, 0.2) is 22.8 Å². The van der Waals surface area contributed by atoms with Crippen LogP contribution in [0.25, 0.3) is 0 Å². The number of carbonyl (C=O) groups excluding carboxylic acids is 1. The van der Waals surface area contributed by atoms with E-state index < -0.39 is 23.9 Å². The summed E-state index contributed by atoms with van der Waals surface area (Å²) in [5, 5.41) is 26.4. The normalized spacial score (nSPS) is 18.2. The van der Waals surface area contributed by atoms with Crippen LogP contribution in [0.4, 0.5) is 0 Å². The molecule has 0 bridgehead atoms. The Labute approximate surface area is 198 Å². The molecule has 0 aromatic carbocycles. The lowest BCUT2D eigenvalue weighted by molar-refractivity contribution is -0.137. The van der Waals surface area contributed by atoms with E-state index in [-0.39, 0.29) is 23.1 Å². The molecule has 2 saturated heterocycles. The molecule has 0 amide bonds. The van der Waals surface area contributed by atoms with E-state index in [9.17, 15) is 19.2 Å². The average Bonchev–Trinajstić information content (AvgIpc) is 2.82. The Morgan fingerprint density at radius 3 is 1.68 bits per heavy atom. The summed E-state index contributed by atoms with van der Waals surface area (Å²) in [5.41, 5.74) is 0.0706. The van der Waals surface area contributed by atoms with Gasteiger partial charge in [0.25, 0.3) is 0 Å². The minimum absolute atomic E-state index is 0.0241. The van der Waals surface area contributed by atoms with Crippen molar-refractivity contribution in [1.82, 2.24) is 9.80 Å². The fraction of sp³-hybridized carbons (Fsp3) is 0.636. The third kappa shape index (κ3) is 11.4. The first kappa shape index (κ1) is 29.2. The number of carboxylic acids is 3. The highest BCUT2D eigenvalue weighted by molar-refractivity contribution is 5.98. The summed E-state index contributed by atoms with van der Waals surface area (Å²) in [5.74, 6) is -4.05. The van der Waals surface area contributed by atoms with E-state index >= 15 is 0 Å². The van der Waals surface area contributed by atoms with Crippen molar-refractivity contribution in [2.24, 2.45) is 0 Å². The maximum absolute atomic E-state index is 11.3. The van der Waals surface area contributed by atoms with Crippen LogP contribution in [0.5, 0.6) is 0 Å². The summed E-state index contributed by atoms with van der Waals surface area (Å²) >= 11 is 0. The quantitative estimate of drug-likeness (QED) is 0.282. The Balaban J connectivity index is 0.000000340. The molecule has 3 N–H and O–H groups in total. The van der Waals surface area contributed by atoms with E-state index in [1.54, 1.807) is 0 Å². The Bertz CT molecular complexity index is 766. The zero-order valence-electron chi connectivity index (χ0n) is 19.7. The number of ether oxygens (including phenoxy) is 3. The predicted molar refractivity (Wildman–Crippen MR) is 119 cm³/mol. The fourth-order valence-electron chi connectivity index (χ4n) is 3.30. The number of carboxylic acid groups (broad SMARTS) is 3. The zero-order valence-corrected chi connectivity index (χ0v) is 19.7. The molecule has 0 radical (unpaired) electrons. The lowest BCUT2D eigenvalue weighted by Gasteiger charge is -2.26. The minimum Gasteiger partial charge on any atom is -0.478 e. The molecule has 2 heterocycles. The van der Waals surface area contributed by atoms with Crippen molar-refractivity contribution in [1.29, 1.82) is 0 Å². The van der Waals surface area contributed by atoms with E-state index in [1.807, 2.05) is 0 Å². The molecule has 192 valence electrons. The fourth-order valence-corrected chi connectivity index (χ4v) is 3.30. The Morgan fingerprint density at radius 1 is 0.824 bits per heavy atom. The second kappa shape index (κ2) is 15.9. The van der Waals surface area contributed by atoms with Crippen molar-refractivity contribution in [3.05, 3.63) is 22.8 Å². The van der Waals surface area contributed by atoms with E-state index in [2.05, 4.69) is 14.5 Å². The Kier molecular flexibility index (Phi) is 13.7. The van der Waals surface area contributed by atoms with Gasteiger partial charge in [-0.2, -0.15) is 0 Å². The highest BCUT2D eigenvalue weighted by Crippen LogP contribution is 2.11. The van der Waals surface area contributed by atoms with Crippen LogP contribution in [0.3, 0.4) is 0 Å². The first-order valence-electron chi connectivity index (χ1n) is 10.9. The molecule has 12 nitrogen and oxygen atoms in total. The number of esters is 1. The van der Waals surface area contributed by atoms with E-state index in [0.29, 0.717) is 45.9 Å². The topological polar surface area (TPSA) is 163 Å². The van der Waals surface area contributed by atoms with Gasteiger partial charge in [-0.1, -0.05) is 0 Å². The first-order chi connectivity index (χ1) is 16.1. The van der Waals surface area contributed by atoms with Gasteiger partial charge in [-0.15, -0.1) is 0 Å². The largest absolute Gasteiger partial charge is 0.478 e. The Hall–Kier alpha value is -2.80. The van der Waals surface area contributed by atoms with Gasteiger partial charge in [0.05, 0.1) is 33.5 Å². The number of rotatable bonds is 10. The predicted octanol–water partition coefficient (Wildman–Crippen LogP) is 0.0871. The number of morpholine rings is 2. The van der Waals surface area contributed by atoms with E-state index in [4.69, 9.17) is 24.8 Å². The summed E-state index contributed by atoms with van der Waals surface area (Å²) in [6, 6.07) is 0. The SMILES string of the molecule is C/C(C(=O)O)=C(/CCN1CCOCC1)C(=O)O.COC(=O)/C(=C/C(=O)O)CCN1CCOCC1. The van der Waals surface area contributed by atoms with E-state index in [0.717, 1.165) is 32.3 Å². The van der Waals surface area contributed by atoms with Crippen LogP contribution in [0, 0.1) is 0 Å². The smallest absolute Gasteiger partial charge is 0.334 e. The summed E-state index contributed by atoms with van der Waals surface area (Å²) in [7, 11) is 1.24. The number of methoxy groups -OCH3 is 1. The molecule has 0 aliphatic carbocycles. The lowest BCUT2D eigenvalue weighted by Crippen LogP contribution is -2.37. The molecule has 2 aliphatic rings. The van der Waals surface area contributed by atoms with Crippen molar-refractivity contribution in [3.8, 4) is 0 Å². The number of aliphatic carboxylic acids is 3. The second-order valence-electron chi connectivity index (χ2n) is 7.62. The molecule has 34 heavy (non-hydrogen) atoms. The molecule has 2 rings (SSSR count). The number of carbonyl (C=O) groups is 4. The van der Waals surface area contributed by atoms with Crippen molar-refractivity contribution >= 4 is 23.9 Å². The highest BCUT2D eigenvalue weighted by atomic mass is 16.5. The molecule has 0 aromatic rings. The van der Waals surface area contributed by atoms with E-state index in [1.165, 1.54) is 14.0 Å². The minimum atomic E-state index is -1.18. The van der Waals surface area contributed by atoms with Crippen molar-refractivity contribution in [3.63, 3.8) is 0 Å². The molecule has 12 heteroatoms. The maximum atomic E-state index is 11.3. The summed E-state index contributed by atoms with van der Waals surface area (Å²) in [4.78, 5) is 47.8. The molecule has 0 spiro atoms. The third-order valence-corrected chi connectivity index (χ3v) is 5.36. The molecule has 0 unspecified atom stereocenters. The van der Waals surface area contributed by atoms with Gasteiger partial charge in [0.15, 0.2) is 0 Å². The van der Waals surface area contributed by atoms with Gasteiger partial charge in [-0.25, -0.2) is 19.2 Å². The van der Waals surface area contributed by atoms with Gasteiger partial charge >= 0.3 is 23.9 Å². The lowest BCUT2D eigenvalue weighted by atomic mass is 10.1. The van der Waals surface area contributed by atoms with Gasteiger partial charge in [0, 0.05) is 62.1 Å². The van der Waals surface area contributed by atoms with Crippen LogP contribution in [-0.4, -0.2) is 122 Å². The number of hydrogen-bond acceptors (Lipinski definition) is 9. The molecular weight excluding hydrogens is 452 g/mol. The Morgan fingerprint density at radius 2 is 1.29 bits per heavy atom. The highest BCUT2D eigenvalue weighted by Gasteiger charge is 2.18. The molecule has 0 aromatic heterocycles. The van der Waals surface area contributed by atoms with Gasteiger partial charge < -0.3 is 29.5 Å². The summed E-state index contributed by atoms with van der Waals surface area (Å²) in [6.45, 7) is 8.29. The summed E-state index contributed by atoms with van der Waals surface area (Å²) < 4.78 is 14.9. The van der Waals surface area contributed by atoms with Crippen molar-refractivity contribution in [2.75, 3.05) is 72.8 Å². The van der Waals surface area contributed by atoms with Crippen molar-refractivity contribution in [2.45, 2.75) is 19.8 Å². The molecule has 0 saturated carbocycles. The van der Waals surface area contributed by atoms with Gasteiger partial charge in [-0.05, 0) is 19.8 Å². The maximum Gasteiger partial charge on any atom is 0.334 e. The van der Waals surface area contributed by atoms with Crippen LogP contribution >= 0.6 is 0 Å². The van der Waals surface area contributed by atoms with Gasteiger partial charge in [0.1, 0.15) is 0 Å². The first-order valence-corrected chi connectivity index (χ1v) is 10.9. The number of hydrogen-bond donors (Lipinski definition) is 3. The van der Waals surface area contributed by atoms with Crippen LogP contribution in [0.2, 0.25) is 0 Å². The molecule has 2 aliphatic heterocycles. The second-order valence-corrected chi connectivity index (χ2v) is 7.62. The molecule has 0 atom stereocenters. The van der Waals surface area contributed by atoms with Crippen molar-refractivity contribution < 1.29 is 48.7 Å². The van der Waals surface area contributed by atoms with Crippen LogP contribution in [-0.2, 0) is 33.4 Å². The van der Waals surface area contributed by atoms with Gasteiger partial charge in [0.2, 0.25) is 0 Å². The monoisotopic (exact) mass is 486 g/mol. The van der Waals surface area contributed by atoms with Crippen LogP contribution in [0.1, 0.15) is 19.8 Å².